The summed E-state index contributed by atoms with van der Waals surface area (Å²) in [5.74, 6) is 0.604. The molecule has 0 bridgehead atoms. The molecule has 0 aromatic heterocycles. The average Bonchev–Trinajstić information content (AvgIpc) is 2.50. The molecule has 2 rings (SSSR count). The number of nitrogens with zero attached hydrogens (tertiary/aromatic N) is 1. The van der Waals surface area contributed by atoms with Gasteiger partial charge in [0, 0.05) is 5.56 Å². The molecule has 0 fully saturated rings. The minimum atomic E-state index is -0.147. The van der Waals surface area contributed by atoms with Crippen LogP contribution in [0, 0.1) is 0 Å². The maximum absolute atomic E-state index is 11.8. The van der Waals surface area contributed by atoms with E-state index in [2.05, 4.69) is 10.5 Å². The smallest absolute Gasteiger partial charge is 0.244 e. The molecular formula is C17H18N2O2. The van der Waals surface area contributed by atoms with E-state index in [1.807, 2.05) is 61.5 Å². The van der Waals surface area contributed by atoms with Gasteiger partial charge in [0.25, 0.3) is 0 Å². The first-order chi connectivity index (χ1) is 10.3. The molecule has 0 heterocycles. The molecule has 0 unspecified atom stereocenters. The third-order valence-electron chi connectivity index (χ3n) is 2.82. The van der Waals surface area contributed by atoms with E-state index >= 15 is 0 Å². The van der Waals surface area contributed by atoms with Gasteiger partial charge in [-0.15, -0.1) is 0 Å². The lowest BCUT2D eigenvalue weighted by Gasteiger charge is -2.05. The highest BCUT2D eigenvalue weighted by molar-refractivity contribution is 5.85. The minimum absolute atomic E-state index is 0.147. The van der Waals surface area contributed by atoms with E-state index in [1.54, 1.807) is 6.21 Å². The summed E-state index contributed by atoms with van der Waals surface area (Å²) in [6, 6.07) is 17.1. The second-order valence-corrected chi connectivity index (χ2v) is 4.43. The number of ether oxygens (including phenoxy) is 1. The Balaban J connectivity index is 1.92. The van der Waals surface area contributed by atoms with Crippen LogP contribution >= 0.6 is 0 Å². The largest absolute Gasteiger partial charge is 0.493 e. The number of nitrogens with one attached hydrogen (secondary N) is 1. The number of hydrogen-bond donors (Lipinski definition) is 1. The van der Waals surface area contributed by atoms with E-state index in [9.17, 15) is 4.79 Å². The van der Waals surface area contributed by atoms with Crippen LogP contribution in [0.3, 0.4) is 0 Å². The molecule has 0 spiro atoms. The van der Waals surface area contributed by atoms with Gasteiger partial charge in [-0.2, -0.15) is 5.10 Å². The summed E-state index contributed by atoms with van der Waals surface area (Å²) in [4.78, 5) is 11.8. The molecule has 2 aromatic carbocycles. The summed E-state index contributed by atoms with van der Waals surface area (Å²) in [7, 11) is 0. The maximum atomic E-state index is 11.8. The van der Waals surface area contributed by atoms with Crippen molar-refractivity contribution in [2.75, 3.05) is 6.61 Å². The number of hydrogen-bond acceptors (Lipinski definition) is 3. The number of carbonyl (C=O) groups is 1. The molecule has 0 aliphatic carbocycles. The Hall–Kier alpha value is -2.62. The van der Waals surface area contributed by atoms with E-state index in [1.165, 1.54) is 0 Å². The van der Waals surface area contributed by atoms with Crippen molar-refractivity contribution in [2.45, 2.75) is 13.3 Å². The summed E-state index contributed by atoms with van der Waals surface area (Å²) >= 11 is 0. The molecular weight excluding hydrogens is 264 g/mol. The number of rotatable bonds is 6. The number of hydrazone groups is 1. The van der Waals surface area contributed by atoms with Crippen LogP contribution in [0.1, 0.15) is 18.1 Å². The van der Waals surface area contributed by atoms with Gasteiger partial charge in [0.1, 0.15) is 5.75 Å². The van der Waals surface area contributed by atoms with Gasteiger partial charge in [-0.3, -0.25) is 4.79 Å². The first kappa shape index (κ1) is 14.8. The molecule has 21 heavy (non-hydrogen) atoms. The average molecular weight is 282 g/mol. The molecule has 108 valence electrons. The van der Waals surface area contributed by atoms with Crippen LogP contribution in [-0.4, -0.2) is 18.7 Å². The van der Waals surface area contributed by atoms with Gasteiger partial charge in [-0.05, 0) is 24.6 Å². The summed E-state index contributed by atoms with van der Waals surface area (Å²) < 4.78 is 5.49. The second kappa shape index (κ2) is 7.85. The first-order valence-electron chi connectivity index (χ1n) is 6.87. The van der Waals surface area contributed by atoms with E-state index in [4.69, 9.17) is 4.74 Å². The lowest BCUT2D eigenvalue weighted by atomic mass is 10.1. The zero-order valence-electron chi connectivity index (χ0n) is 12.0. The topological polar surface area (TPSA) is 50.7 Å². The monoisotopic (exact) mass is 282 g/mol. The lowest BCUT2D eigenvalue weighted by molar-refractivity contribution is -0.120. The molecule has 0 atom stereocenters. The van der Waals surface area contributed by atoms with Crippen LogP contribution in [0.15, 0.2) is 59.7 Å². The van der Waals surface area contributed by atoms with E-state index in [0.717, 1.165) is 16.9 Å². The number of amides is 1. The highest BCUT2D eigenvalue weighted by Crippen LogP contribution is 2.15. The molecule has 0 aliphatic rings. The summed E-state index contributed by atoms with van der Waals surface area (Å²) in [6.45, 7) is 2.51. The Labute approximate surface area is 124 Å². The van der Waals surface area contributed by atoms with E-state index in [-0.39, 0.29) is 5.91 Å². The Morgan fingerprint density at radius 2 is 1.86 bits per heavy atom. The van der Waals surface area contributed by atoms with Crippen LogP contribution < -0.4 is 10.2 Å². The van der Waals surface area contributed by atoms with Gasteiger partial charge in [0.15, 0.2) is 0 Å². The van der Waals surface area contributed by atoms with Gasteiger partial charge in [0.2, 0.25) is 5.91 Å². The fourth-order valence-corrected chi connectivity index (χ4v) is 1.87. The highest BCUT2D eigenvalue weighted by atomic mass is 16.5. The van der Waals surface area contributed by atoms with Crippen molar-refractivity contribution in [1.29, 1.82) is 0 Å². The van der Waals surface area contributed by atoms with Crippen LogP contribution in [0.5, 0.6) is 5.75 Å². The fourth-order valence-electron chi connectivity index (χ4n) is 1.87. The van der Waals surface area contributed by atoms with Crippen molar-refractivity contribution in [3.63, 3.8) is 0 Å². The third-order valence-corrected chi connectivity index (χ3v) is 2.82. The Morgan fingerprint density at radius 3 is 2.62 bits per heavy atom. The zero-order chi connectivity index (χ0) is 14.9. The molecule has 0 aliphatic heterocycles. The predicted molar refractivity (Wildman–Crippen MR) is 83.5 cm³/mol. The standard InChI is InChI=1S/C17H18N2O2/c1-2-21-16-11-7-6-10-15(16)13-18-19-17(20)12-14-8-4-3-5-9-14/h3-11,13H,2,12H2,1H3,(H,19,20)/b18-13-. The molecule has 0 saturated carbocycles. The zero-order valence-corrected chi connectivity index (χ0v) is 12.0. The van der Waals surface area contributed by atoms with Crippen molar-refractivity contribution in [3.8, 4) is 5.75 Å². The summed E-state index contributed by atoms with van der Waals surface area (Å²) in [5, 5.41) is 3.98. The number of para-hydroxylation sites is 1. The Bertz CT molecular complexity index is 609. The van der Waals surface area contributed by atoms with Gasteiger partial charge >= 0.3 is 0 Å². The molecule has 2 aromatic rings. The molecule has 4 heteroatoms. The van der Waals surface area contributed by atoms with Gasteiger partial charge < -0.3 is 4.74 Å². The van der Waals surface area contributed by atoms with Crippen LogP contribution in [-0.2, 0) is 11.2 Å². The maximum Gasteiger partial charge on any atom is 0.244 e. The van der Waals surface area contributed by atoms with Crippen molar-refractivity contribution < 1.29 is 9.53 Å². The minimum Gasteiger partial charge on any atom is -0.493 e. The molecule has 1 N–H and O–H groups in total. The molecule has 0 radical (unpaired) electrons. The summed E-state index contributed by atoms with van der Waals surface area (Å²) in [5.41, 5.74) is 4.31. The number of benzene rings is 2. The highest BCUT2D eigenvalue weighted by Gasteiger charge is 2.02. The predicted octanol–water partition coefficient (Wildman–Crippen LogP) is 2.78. The SMILES string of the molecule is CCOc1ccccc1/C=N\NC(=O)Cc1ccccc1. The molecule has 4 nitrogen and oxygen atoms in total. The second-order valence-electron chi connectivity index (χ2n) is 4.43. The normalized spacial score (nSPS) is 10.5. The van der Waals surface area contributed by atoms with Crippen molar-refractivity contribution >= 4 is 12.1 Å². The van der Waals surface area contributed by atoms with Crippen molar-refractivity contribution in [2.24, 2.45) is 5.10 Å². The van der Waals surface area contributed by atoms with Crippen LogP contribution in [0.25, 0.3) is 0 Å². The molecule has 1 amide bonds. The Morgan fingerprint density at radius 1 is 1.14 bits per heavy atom. The lowest BCUT2D eigenvalue weighted by Crippen LogP contribution is -2.19. The van der Waals surface area contributed by atoms with Crippen LogP contribution in [0.4, 0.5) is 0 Å². The van der Waals surface area contributed by atoms with Crippen molar-refractivity contribution in [1.82, 2.24) is 5.43 Å². The quantitative estimate of drug-likeness (QED) is 0.654. The summed E-state index contributed by atoms with van der Waals surface area (Å²) in [6.07, 6.45) is 1.90. The van der Waals surface area contributed by atoms with Gasteiger partial charge in [0.05, 0.1) is 19.2 Å². The fraction of sp³-hybridized carbons (Fsp3) is 0.176. The Kier molecular flexibility index (Phi) is 5.52. The van der Waals surface area contributed by atoms with Crippen molar-refractivity contribution in [3.05, 3.63) is 65.7 Å². The van der Waals surface area contributed by atoms with E-state index in [0.29, 0.717) is 13.0 Å². The first-order valence-corrected chi connectivity index (χ1v) is 6.87. The van der Waals surface area contributed by atoms with E-state index < -0.39 is 0 Å². The number of carbonyl (C=O) groups excluding carboxylic acids is 1. The van der Waals surface area contributed by atoms with Gasteiger partial charge in [-0.1, -0.05) is 42.5 Å². The third kappa shape index (κ3) is 4.76. The molecule has 0 saturated heterocycles. The van der Waals surface area contributed by atoms with Crippen LogP contribution in [0.2, 0.25) is 0 Å². The van der Waals surface area contributed by atoms with Gasteiger partial charge in [-0.25, -0.2) is 5.43 Å².